The van der Waals surface area contributed by atoms with E-state index >= 15 is 0 Å². The standard InChI is InChI=1S/C39H68N6O6S2/c1-13-15-18-29(33(46)36(48)40-21-16-14-2)43-35(47)32-28(26(3)4)20-22-44(32)37(49)34(39(10,11)12)42-25-41-30(38(7,8)9)24-45(27(5)6)53(50,51)31-19-17-23-52-31/h14,17,19,23,26-30,32,34,41-42H,2,13,15-16,18,20-22,24-25H2,1,3-12H3,(H,40,48)(H,43,47)/t28-,29?,30-,32+,34-/m1/s1. The number of thiophene rings is 1. The second-order valence-electron chi connectivity index (χ2n) is 17.0. The van der Waals surface area contributed by atoms with E-state index in [1.54, 1.807) is 28.5 Å². The molecular formula is C39H68N6O6S2. The summed E-state index contributed by atoms with van der Waals surface area (Å²) in [4.78, 5) is 56.3. The molecule has 0 aromatic carbocycles. The third-order valence-corrected chi connectivity index (χ3v) is 13.4. The number of rotatable bonds is 21. The van der Waals surface area contributed by atoms with Crippen LogP contribution in [0.2, 0.25) is 0 Å². The first-order valence-corrected chi connectivity index (χ1v) is 21.5. The number of hydrogen-bond donors (Lipinski definition) is 4. The van der Waals surface area contributed by atoms with E-state index in [-0.39, 0.29) is 55.0 Å². The lowest BCUT2D eigenvalue weighted by Gasteiger charge is -2.39. The van der Waals surface area contributed by atoms with Crippen molar-refractivity contribution in [3.8, 4) is 0 Å². The molecule has 1 aliphatic heterocycles. The molecule has 0 bridgehead atoms. The quantitative estimate of drug-likeness (QED) is 0.0593. The van der Waals surface area contributed by atoms with Crippen molar-refractivity contribution in [2.45, 2.75) is 143 Å². The lowest BCUT2D eigenvalue weighted by Crippen LogP contribution is -2.61. The highest BCUT2D eigenvalue weighted by Gasteiger charge is 2.47. The zero-order valence-corrected chi connectivity index (χ0v) is 35.7. The van der Waals surface area contributed by atoms with Gasteiger partial charge in [-0.3, -0.25) is 29.8 Å². The number of nitrogens with one attached hydrogen (secondary N) is 4. The Morgan fingerprint density at radius 2 is 1.72 bits per heavy atom. The molecule has 1 unspecified atom stereocenters. The summed E-state index contributed by atoms with van der Waals surface area (Å²) in [6.45, 7) is 26.6. The average molecular weight is 781 g/mol. The van der Waals surface area contributed by atoms with Crippen molar-refractivity contribution in [2.75, 3.05) is 26.3 Å². The molecule has 0 radical (unpaired) electrons. The van der Waals surface area contributed by atoms with Crippen LogP contribution in [0, 0.1) is 22.7 Å². The Morgan fingerprint density at radius 1 is 1.06 bits per heavy atom. The number of sulfonamides is 1. The fourth-order valence-corrected chi connectivity index (χ4v) is 9.49. The molecule has 4 N–H and O–H groups in total. The maximum atomic E-state index is 14.6. The Balaban J connectivity index is 2.33. The highest BCUT2D eigenvalue weighted by Crippen LogP contribution is 2.34. The third-order valence-electron chi connectivity index (χ3n) is 10.00. The van der Waals surface area contributed by atoms with Crippen LogP contribution in [0.3, 0.4) is 0 Å². The molecule has 3 amide bonds. The Bertz CT molecular complexity index is 1470. The number of likely N-dealkylation sites (tertiary alicyclic amines) is 1. The number of ketones is 1. The molecule has 12 nitrogen and oxygen atoms in total. The van der Waals surface area contributed by atoms with Crippen molar-refractivity contribution in [2.24, 2.45) is 22.7 Å². The van der Waals surface area contributed by atoms with Crippen LogP contribution < -0.4 is 21.3 Å². The minimum absolute atomic E-state index is 0.0835. The summed E-state index contributed by atoms with van der Waals surface area (Å²) < 4.78 is 29.1. The van der Waals surface area contributed by atoms with Gasteiger partial charge >= 0.3 is 0 Å². The summed E-state index contributed by atoms with van der Waals surface area (Å²) in [7, 11) is -3.71. The summed E-state index contributed by atoms with van der Waals surface area (Å²) in [6, 6.07) is 0.300. The molecule has 2 rings (SSSR count). The van der Waals surface area contributed by atoms with Gasteiger partial charge in [-0.1, -0.05) is 87.3 Å². The summed E-state index contributed by atoms with van der Waals surface area (Å²) in [5.41, 5.74) is -0.888. The number of Topliss-reactive ketones (excluding diaryl/α,β-unsaturated/α-hetero) is 1. The molecule has 302 valence electrons. The molecule has 1 aliphatic rings. The van der Waals surface area contributed by atoms with Crippen molar-refractivity contribution in [1.82, 2.24) is 30.5 Å². The van der Waals surface area contributed by atoms with E-state index in [2.05, 4.69) is 48.6 Å². The van der Waals surface area contributed by atoms with Crippen molar-refractivity contribution in [3.05, 3.63) is 30.2 Å². The summed E-state index contributed by atoms with van der Waals surface area (Å²) in [5.74, 6) is -2.15. The van der Waals surface area contributed by atoms with Crippen LogP contribution in [-0.2, 0) is 29.2 Å². The second kappa shape index (κ2) is 20.3. The first-order valence-electron chi connectivity index (χ1n) is 19.1. The molecule has 14 heteroatoms. The Labute approximate surface area is 323 Å². The Morgan fingerprint density at radius 3 is 2.23 bits per heavy atom. The van der Waals surface area contributed by atoms with Gasteiger partial charge in [0.25, 0.3) is 15.9 Å². The third kappa shape index (κ3) is 13.0. The van der Waals surface area contributed by atoms with Gasteiger partial charge < -0.3 is 15.5 Å². The lowest BCUT2D eigenvalue weighted by atomic mass is 9.84. The van der Waals surface area contributed by atoms with Crippen LogP contribution in [0.4, 0.5) is 0 Å². The van der Waals surface area contributed by atoms with Crippen molar-refractivity contribution < 1.29 is 27.6 Å². The summed E-state index contributed by atoms with van der Waals surface area (Å²) in [6.07, 6.45) is 4.54. The van der Waals surface area contributed by atoms with Crippen molar-refractivity contribution in [3.63, 3.8) is 0 Å². The van der Waals surface area contributed by atoms with E-state index in [0.29, 0.717) is 36.4 Å². The molecule has 2 heterocycles. The normalized spacial score (nSPS) is 18.6. The molecule has 1 aromatic rings. The maximum Gasteiger partial charge on any atom is 0.289 e. The monoisotopic (exact) mass is 780 g/mol. The molecule has 1 aromatic heterocycles. The van der Waals surface area contributed by atoms with Crippen molar-refractivity contribution in [1.29, 1.82) is 0 Å². The number of carbonyl (C=O) groups excluding carboxylic acids is 4. The van der Waals surface area contributed by atoms with Crippen LogP contribution in [0.1, 0.15) is 108 Å². The summed E-state index contributed by atoms with van der Waals surface area (Å²) >= 11 is 1.20. The second-order valence-corrected chi connectivity index (χ2v) is 20.0. The average Bonchev–Trinajstić information content (AvgIpc) is 3.76. The zero-order valence-electron chi connectivity index (χ0n) is 34.1. The van der Waals surface area contributed by atoms with Crippen LogP contribution in [0.25, 0.3) is 0 Å². The van der Waals surface area contributed by atoms with Gasteiger partial charge in [-0.05, 0) is 67.2 Å². The number of unbranched alkanes of at least 4 members (excludes halogenated alkanes) is 1. The molecule has 5 atom stereocenters. The minimum atomic E-state index is -3.71. The largest absolute Gasteiger partial charge is 0.349 e. The predicted molar refractivity (Wildman–Crippen MR) is 214 cm³/mol. The van der Waals surface area contributed by atoms with Gasteiger partial charge in [-0.25, -0.2) is 8.42 Å². The van der Waals surface area contributed by atoms with E-state index < -0.39 is 51.2 Å². The fraction of sp³-hybridized carbons (Fsp3) is 0.744. The first kappa shape index (κ1) is 46.5. The lowest BCUT2D eigenvalue weighted by molar-refractivity contribution is -0.145. The number of amides is 3. The molecule has 53 heavy (non-hydrogen) atoms. The summed E-state index contributed by atoms with van der Waals surface area (Å²) in [5, 5.41) is 14.2. The van der Waals surface area contributed by atoms with Crippen LogP contribution in [0.15, 0.2) is 34.4 Å². The van der Waals surface area contributed by atoms with E-state index in [4.69, 9.17) is 0 Å². The number of hydrogen-bond acceptors (Lipinski definition) is 9. The number of carbonyl (C=O) groups is 4. The van der Waals surface area contributed by atoms with E-state index in [1.165, 1.54) is 15.6 Å². The molecule has 1 fully saturated rings. The maximum absolute atomic E-state index is 14.6. The highest BCUT2D eigenvalue weighted by atomic mass is 32.2. The van der Waals surface area contributed by atoms with E-state index in [9.17, 15) is 27.6 Å². The Hall–Kier alpha value is -2.65. The van der Waals surface area contributed by atoms with E-state index in [0.717, 1.165) is 6.42 Å². The van der Waals surface area contributed by atoms with Gasteiger partial charge in [0.1, 0.15) is 10.3 Å². The SMILES string of the molecule is C=CCCNC(=O)C(=O)C(CCCC)NC(=O)[C@@H]1[C@@H](C(C)C)CCN1C(=O)[C@@H](NCN[C@H](CN(C(C)C)S(=O)(=O)c1cccs1)C(C)(C)C)C(C)(C)C. The van der Waals surface area contributed by atoms with Crippen LogP contribution in [-0.4, -0.2) is 97.6 Å². The van der Waals surface area contributed by atoms with Gasteiger partial charge in [-0.2, -0.15) is 4.31 Å². The Kier molecular flexibility index (Phi) is 17.8. The smallest absolute Gasteiger partial charge is 0.289 e. The van der Waals surface area contributed by atoms with Gasteiger partial charge in [-0.15, -0.1) is 17.9 Å². The fourth-order valence-electron chi connectivity index (χ4n) is 6.72. The van der Waals surface area contributed by atoms with Crippen LogP contribution in [0.5, 0.6) is 0 Å². The van der Waals surface area contributed by atoms with Gasteiger partial charge in [0.2, 0.25) is 17.6 Å². The van der Waals surface area contributed by atoms with Gasteiger partial charge in [0.15, 0.2) is 0 Å². The minimum Gasteiger partial charge on any atom is -0.349 e. The van der Waals surface area contributed by atoms with E-state index in [1.807, 2.05) is 55.4 Å². The predicted octanol–water partition coefficient (Wildman–Crippen LogP) is 4.92. The van der Waals surface area contributed by atoms with Crippen molar-refractivity contribution >= 4 is 44.9 Å². The van der Waals surface area contributed by atoms with Gasteiger partial charge in [0.05, 0.1) is 12.1 Å². The van der Waals surface area contributed by atoms with Crippen LogP contribution >= 0.6 is 11.3 Å². The van der Waals surface area contributed by atoms with Gasteiger partial charge in [0, 0.05) is 38.4 Å². The molecular weight excluding hydrogens is 713 g/mol. The zero-order chi connectivity index (χ0) is 40.3. The molecule has 0 aliphatic carbocycles. The molecule has 0 spiro atoms. The molecule has 1 saturated heterocycles. The first-order chi connectivity index (χ1) is 24.6. The molecule has 0 saturated carbocycles. The highest BCUT2D eigenvalue weighted by molar-refractivity contribution is 7.91. The topological polar surface area (TPSA) is 157 Å². The number of nitrogens with zero attached hydrogens (tertiary/aromatic N) is 2.